The van der Waals surface area contributed by atoms with Gasteiger partial charge in [0.05, 0.1) is 0 Å². The number of carbonyl (C=O) groups is 2. The molecule has 0 fully saturated rings. The van der Waals surface area contributed by atoms with E-state index in [1.165, 1.54) is 6.21 Å². The third-order valence-corrected chi connectivity index (χ3v) is 2.79. The SMILES string of the molecule is CN(C)c1ccc(NC(=O)[C@@H]2C=CC=NC2=O)cc1. The number of aliphatic imine (C=N–C) groups is 1. The quantitative estimate of drug-likeness (QED) is 0.834. The Morgan fingerprint density at radius 3 is 2.53 bits per heavy atom. The van der Waals surface area contributed by atoms with Gasteiger partial charge in [0.2, 0.25) is 5.91 Å². The van der Waals surface area contributed by atoms with Crippen molar-refractivity contribution in [3.8, 4) is 0 Å². The molecule has 1 aromatic rings. The third-order valence-electron chi connectivity index (χ3n) is 2.79. The molecular weight excluding hydrogens is 242 g/mol. The van der Waals surface area contributed by atoms with Crippen LogP contribution in [0.25, 0.3) is 0 Å². The van der Waals surface area contributed by atoms with Crippen molar-refractivity contribution in [3.63, 3.8) is 0 Å². The van der Waals surface area contributed by atoms with E-state index in [9.17, 15) is 9.59 Å². The van der Waals surface area contributed by atoms with Gasteiger partial charge in [0.15, 0.2) is 0 Å². The maximum absolute atomic E-state index is 11.9. The maximum Gasteiger partial charge on any atom is 0.262 e. The standard InChI is InChI=1S/C14H15N3O2/c1-17(2)11-7-5-10(6-8-11)16-14(19)12-4-3-9-15-13(12)18/h3-9,12H,1-2H3,(H,16,19)/t12-/m1/s1. The predicted molar refractivity (Wildman–Crippen MR) is 75.5 cm³/mol. The number of carbonyl (C=O) groups excluding carboxylic acids is 2. The van der Waals surface area contributed by atoms with Crippen molar-refractivity contribution in [2.24, 2.45) is 10.9 Å². The molecule has 0 aromatic heterocycles. The van der Waals surface area contributed by atoms with E-state index in [0.717, 1.165) is 5.69 Å². The molecule has 1 N–H and O–H groups in total. The first-order valence-electron chi connectivity index (χ1n) is 5.91. The van der Waals surface area contributed by atoms with E-state index in [-0.39, 0.29) is 5.91 Å². The summed E-state index contributed by atoms with van der Waals surface area (Å²) in [7, 11) is 3.88. The molecule has 19 heavy (non-hydrogen) atoms. The smallest absolute Gasteiger partial charge is 0.262 e. The number of nitrogens with zero attached hydrogens (tertiary/aromatic N) is 2. The molecule has 1 heterocycles. The molecule has 0 unspecified atom stereocenters. The number of anilines is 2. The maximum atomic E-state index is 11.9. The Morgan fingerprint density at radius 2 is 1.95 bits per heavy atom. The number of amides is 2. The van der Waals surface area contributed by atoms with Crippen molar-refractivity contribution >= 4 is 29.4 Å². The fourth-order valence-electron chi connectivity index (χ4n) is 1.70. The summed E-state index contributed by atoms with van der Waals surface area (Å²) in [5.74, 6) is -1.64. The zero-order valence-electron chi connectivity index (χ0n) is 10.8. The molecule has 1 atom stereocenters. The fraction of sp³-hybridized carbons (Fsp3) is 0.214. The van der Waals surface area contributed by atoms with E-state index >= 15 is 0 Å². The number of dihydropyridines is 1. The van der Waals surface area contributed by atoms with Gasteiger partial charge in [-0.3, -0.25) is 9.59 Å². The van der Waals surface area contributed by atoms with Crippen LogP contribution in [0.15, 0.2) is 41.4 Å². The Kier molecular flexibility index (Phi) is 3.75. The van der Waals surface area contributed by atoms with Gasteiger partial charge >= 0.3 is 0 Å². The predicted octanol–water partition coefficient (Wildman–Crippen LogP) is 1.47. The van der Waals surface area contributed by atoms with Crippen LogP contribution in [0.5, 0.6) is 0 Å². The highest BCUT2D eigenvalue weighted by Gasteiger charge is 2.24. The number of allylic oxidation sites excluding steroid dienone is 1. The molecule has 1 aromatic carbocycles. The molecule has 5 heteroatoms. The summed E-state index contributed by atoms with van der Waals surface area (Å²) in [4.78, 5) is 28.9. The molecule has 0 saturated heterocycles. The minimum atomic E-state index is -0.835. The van der Waals surface area contributed by atoms with Gasteiger partial charge in [0.25, 0.3) is 5.91 Å². The van der Waals surface area contributed by atoms with E-state index in [0.29, 0.717) is 5.69 Å². The van der Waals surface area contributed by atoms with Crippen LogP contribution in [0.4, 0.5) is 11.4 Å². The van der Waals surface area contributed by atoms with Crippen LogP contribution < -0.4 is 10.2 Å². The van der Waals surface area contributed by atoms with Gasteiger partial charge in [-0.2, -0.15) is 0 Å². The average molecular weight is 257 g/mol. The number of hydrogen-bond donors (Lipinski definition) is 1. The normalized spacial score (nSPS) is 17.4. The second kappa shape index (κ2) is 5.48. The highest BCUT2D eigenvalue weighted by Crippen LogP contribution is 2.17. The number of hydrogen-bond acceptors (Lipinski definition) is 3. The van der Waals surface area contributed by atoms with Crippen molar-refractivity contribution < 1.29 is 9.59 Å². The lowest BCUT2D eigenvalue weighted by Gasteiger charge is -2.14. The minimum absolute atomic E-state index is 0.365. The first-order valence-corrected chi connectivity index (χ1v) is 5.91. The second-order valence-electron chi connectivity index (χ2n) is 4.41. The zero-order chi connectivity index (χ0) is 13.8. The van der Waals surface area contributed by atoms with E-state index in [2.05, 4.69) is 10.3 Å². The van der Waals surface area contributed by atoms with E-state index in [1.807, 2.05) is 31.1 Å². The van der Waals surface area contributed by atoms with Crippen molar-refractivity contribution in [2.45, 2.75) is 0 Å². The summed E-state index contributed by atoms with van der Waals surface area (Å²) in [6.07, 6.45) is 4.53. The Labute approximate surface area is 111 Å². The number of rotatable bonds is 3. The molecule has 5 nitrogen and oxygen atoms in total. The summed E-state index contributed by atoms with van der Waals surface area (Å²) in [5, 5.41) is 2.70. The molecule has 0 radical (unpaired) electrons. The summed E-state index contributed by atoms with van der Waals surface area (Å²) < 4.78 is 0. The molecule has 1 aliphatic rings. The highest BCUT2D eigenvalue weighted by molar-refractivity contribution is 6.11. The molecule has 98 valence electrons. The summed E-state index contributed by atoms with van der Waals surface area (Å²) in [5.41, 5.74) is 1.70. The van der Waals surface area contributed by atoms with Crippen LogP contribution in [-0.2, 0) is 9.59 Å². The van der Waals surface area contributed by atoms with Gasteiger partial charge in [-0.25, -0.2) is 4.99 Å². The van der Waals surface area contributed by atoms with E-state index < -0.39 is 11.8 Å². The van der Waals surface area contributed by atoms with Crippen molar-refractivity contribution in [1.82, 2.24) is 0 Å². The fourth-order valence-corrected chi connectivity index (χ4v) is 1.70. The lowest BCUT2D eigenvalue weighted by molar-refractivity contribution is -0.128. The number of nitrogens with one attached hydrogen (secondary N) is 1. The first-order chi connectivity index (χ1) is 9.08. The molecule has 0 saturated carbocycles. The van der Waals surface area contributed by atoms with Crippen LogP contribution in [0.1, 0.15) is 0 Å². The Morgan fingerprint density at radius 1 is 1.26 bits per heavy atom. The van der Waals surface area contributed by atoms with E-state index in [1.54, 1.807) is 24.3 Å². The molecule has 2 rings (SSSR count). The van der Waals surface area contributed by atoms with Crippen LogP contribution in [0, 0.1) is 5.92 Å². The van der Waals surface area contributed by atoms with Crippen LogP contribution in [0.2, 0.25) is 0 Å². The van der Waals surface area contributed by atoms with Gasteiger partial charge in [0.1, 0.15) is 5.92 Å². The van der Waals surface area contributed by atoms with Gasteiger partial charge in [-0.05, 0) is 30.3 Å². The van der Waals surface area contributed by atoms with Crippen LogP contribution in [0.3, 0.4) is 0 Å². The third kappa shape index (κ3) is 3.07. The molecule has 0 aliphatic carbocycles. The Hall–Kier alpha value is -2.43. The van der Waals surface area contributed by atoms with E-state index in [4.69, 9.17) is 0 Å². The summed E-state index contributed by atoms with van der Waals surface area (Å²) >= 11 is 0. The van der Waals surface area contributed by atoms with Crippen molar-refractivity contribution in [2.75, 3.05) is 24.3 Å². The lowest BCUT2D eigenvalue weighted by atomic mass is 10.1. The van der Waals surface area contributed by atoms with Gasteiger partial charge in [0, 0.05) is 31.7 Å². The molecule has 2 amide bonds. The second-order valence-corrected chi connectivity index (χ2v) is 4.41. The molecule has 0 bridgehead atoms. The molecule has 0 spiro atoms. The summed E-state index contributed by atoms with van der Waals surface area (Å²) in [6, 6.07) is 7.39. The lowest BCUT2D eigenvalue weighted by Crippen LogP contribution is -2.28. The largest absolute Gasteiger partial charge is 0.378 e. The van der Waals surface area contributed by atoms with Gasteiger partial charge < -0.3 is 10.2 Å². The number of benzene rings is 1. The Balaban J connectivity index is 2.05. The monoisotopic (exact) mass is 257 g/mol. The van der Waals surface area contributed by atoms with Gasteiger partial charge in [-0.1, -0.05) is 6.08 Å². The summed E-state index contributed by atoms with van der Waals surface area (Å²) in [6.45, 7) is 0. The highest BCUT2D eigenvalue weighted by atomic mass is 16.2. The van der Waals surface area contributed by atoms with Crippen molar-refractivity contribution in [3.05, 3.63) is 36.4 Å². The van der Waals surface area contributed by atoms with Crippen LogP contribution in [-0.4, -0.2) is 32.1 Å². The van der Waals surface area contributed by atoms with Crippen molar-refractivity contribution in [1.29, 1.82) is 0 Å². The first kappa shape index (κ1) is 13.0. The average Bonchev–Trinajstić information content (AvgIpc) is 2.39. The topological polar surface area (TPSA) is 61.8 Å². The van der Waals surface area contributed by atoms with Gasteiger partial charge in [-0.15, -0.1) is 0 Å². The minimum Gasteiger partial charge on any atom is -0.378 e. The van der Waals surface area contributed by atoms with Crippen LogP contribution >= 0.6 is 0 Å². The zero-order valence-corrected chi connectivity index (χ0v) is 10.8. The Bertz CT molecular complexity index is 544. The molecular formula is C14H15N3O2. The molecule has 1 aliphatic heterocycles.